The van der Waals surface area contributed by atoms with E-state index in [1.165, 1.54) is 11.8 Å². The molecule has 4 heterocycles. The van der Waals surface area contributed by atoms with E-state index in [-0.39, 0.29) is 18.1 Å². The summed E-state index contributed by atoms with van der Waals surface area (Å²) in [6.07, 6.45) is 4.24. The van der Waals surface area contributed by atoms with Gasteiger partial charge < -0.3 is 10.0 Å². The van der Waals surface area contributed by atoms with E-state index >= 15 is 0 Å². The van der Waals surface area contributed by atoms with Crippen molar-refractivity contribution in [2.24, 2.45) is 0 Å². The summed E-state index contributed by atoms with van der Waals surface area (Å²) in [5.41, 5.74) is 1.73. The number of hydrogen-bond donors (Lipinski definition) is 1. The van der Waals surface area contributed by atoms with Gasteiger partial charge in [-0.2, -0.15) is 0 Å². The van der Waals surface area contributed by atoms with Gasteiger partial charge in [-0.1, -0.05) is 37.0 Å². The topological polar surface area (TPSA) is 81.4 Å². The Morgan fingerprint density at radius 1 is 1.19 bits per heavy atom. The molecule has 0 unspecified atom stereocenters. The zero-order valence-corrected chi connectivity index (χ0v) is 19.9. The number of rotatable bonds is 6. The normalized spacial score (nSPS) is 19.0. The smallest absolute Gasteiger partial charge is 0.267 e. The van der Waals surface area contributed by atoms with Gasteiger partial charge in [0.25, 0.3) is 11.5 Å². The van der Waals surface area contributed by atoms with Crippen molar-refractivity contribution in [3.8, 4) is 0 Å². The number of fused-ring (bicyclic) bond motifs is 1. The summed E-state index contributed by atoms with van der Waals surface area (Å²) >= 11 is 6.63. The van der Waals surface area contributed by atoms with Crippen LogP contribution in [0.1, 0.15) is 24.5 Å². The van der Waals surface area contributed by atoms with Gasteiger partial charge in [-0.25, -0.2) is 4.98 Å². The molecule has 0 bridgehead atoms. The SMILES string of the molecule is CCCN1C(=O)/C(=C/c2c(N3CCN(CCO)CC3)nc3ccc(C)cn3c2=O)SC1=S. The molecule has 0 aromatic carbocycles. The van der Waals surface area contributed by atoms with Crippen molar-refractivity contribution in [2.45, 2.75) is 20.3 Å². The van der Waals surface area contributed by atoms with Crippen molar-refractivity contribution < 1.29 is 9.90 Å². The van der Waals surface area contributed by atoms with Crippen LogP contribution in [0.4, 0.5) is 5.82 Å². The van der Waals surface area contributed by atoms with Crippen molar-refractivity contribution in [3.05, 3.63) is 44.7 Å². The largest absolute Gasteiger partial charge is 0.395 e. The number of β-amino-alcohol motifs (C(OH)–C–C–N with tert-alkyl or cyclic N) is 1. The second kappa shape index (κ2) is 9.70. The van der Waals surface area contributed by atoms with E-state index in [1.54, 1.807) is 21.6 Å². The van der Waals surface area contributed by atoms with Crippen LogP contribution in [0.25, 0.3) is 11.7 Å². The van der Waals surface area contributed by atoms with Crippen molar-refractivity contribution in [2.75, 3.05) is 50.8 Å². The third-order valence-corrected chi connectivity index (χ3v) is 7.05. The molecule has 2 aromatic heterocycles. The lowest BCUT2D eigenvalue weighted by Gasteiger charge is -2.35. The molecule has 2 aliphatic rings. The number of aliphatic hydroxyl groups excluding tert-OH is 1. The van der Waals surface area contributed by atoms with Crippen LogP contribution < -0.4 is 10.5 Å². The number of carbonyl (C=O) groups excluding carboxylic acids is 1. The zero-order valence-electron chi connectivity index (χ0n) is 18.3. The monoisotopic (exact) mass is 473 g/mol. The van der Waals surface area contributed by atoms with Gasteiger partial charge in [0.05, 0.1) is 17.1 Å². The van der Waals surface area contributed by atoms with E-state index in [1.807, 2.05) is 26.0 Å². The Bertz CT molecular complexity index is 1140. The predicted molar refractivity (Wildman–Crippen MR) is 132 cm³/mol. The Kier molecular flexibility index (Phi) is 6.94. The highest BCUT2D eigenvalue weighted by atomic mass is 32.2. The quantitative estimate of drug-likeness (QED) is 0.502. The maximum atomic E-state index is 13.5. The molecule has 4 rings (SSSR count). The molecule has 0 saturated carbocycles. The van der Waals surface area contributed by atoms with Gasteiger partial charge in [0.15, 0.2) is 0 Å². The number of anilines is 1. The molecule has 2 fully saturated rings. The van der Waals surface area contributed by atoms with E-state index in [0.717, 1.165) is 25.1 Å². The van der Waals surface area contributed by atoms with Crippen molar-refractivity contribution in [1.29, 1.82) is 0 Å². The van der Waals surface area contributed by atoms with Crippen LogP contribution in [0.5, 0.6) is 0 Å². The fourth-order valence-electron chi connectivity index (χ4n) is 3.99. The highest BCUT2D eigenvalue weighted by molar-refractivity contribution is 8.26. The van der Waals surface area contributed by atoms with Crippen LogP contribution in [-0.2, 0) is 4.79 Å². The lowest BCUT2D eigenvalue weighted by molar-refractivity contribution is -0.122. The number of thioether (sulfide) groups is 1. The highest BCUT2D eigenvalue weighted by Crippen LogP contribution is 2.33. The summed E-state index contributed by atoms with van der Waals surface area (Å²) in [6, 6.07) is 3.77. The maximum absolute atomic E-state index is 13.5. The Hall–Kier alpha value is -2.27. The Morgan fingerprint density at radius 2 is 1.94 bits per heavy atom. The van der Waals surface area contributed by atoms with Crippen LogP contribution in [0.3, 0.4) is 0 Å². The first kappa shape index (κ1) is 22.9. The standard InChI is InChI=1S/C22H27N5O3S2/c1-3-6-26-21(30)17(32-22(26)31)13-16-19(25-9-7-24(8-10-25)11-12-28)23-18-5-4-15(2)14-27(18)20(16)29/h4-5,13-14,28H,3,6-12H2,1-2H3/b17-13-. The number of hydrogen-bond acceptors (Lipinski definition) is 8. The molecule has 1 N–H and O–H groups in total. The second-order valence-corrected chi connectivity index (χ2v) is 9.65. The van der Waals surface area contributed by atoms with Crippen molar-refractivity contribution in [3.63, 3.8) is 0 Å². The molecule has 0 atom stereocenters. The van der Waals surface area contributed by atoms with Crippen LogP contribution >= 0.6 is 24.0 Å². The van der Waals surface area contributed by atoms with E-state index in [4.69, 9.17) is 17.2 Å². The molecule has 32 heavy (non-hydrogen) atoms. The van der Waals surface area contributed by atoms with Crippen LogP contribution in [0.15, 0.2) is 28.0 Å². The molecule has 0 aliphatic carbocycles. The molecule has 2 saturated heterocycles. The Balaban J connectivity index is 1.79. The number of aromatic nitrogens is 2. The maximum Gasteiger partial charge on any atom is 0.267 e. The molecular formula is C22H27N5O3S2. The summed E-state index contributed by atoms with van der Waals surface area (Å²) in [4.78, 5) is 37.6. The number of amides is 1. The molecular weight excluding hydrogens is 446 g/mol. The number of thiocarbonyl (C=S) groups is 1. The first-order valence-electron chi connectivity index (χ1n) is 10.8. The second-order valence-electron chi connectivity index (χ2n) is 7.97. The average molecular weight is 474 g/mol. The summed E-state index contributed by atoms with van der Waals surface area (Å²) in [5, 5.41) is 9.22. The Morgan fingerprint density at radius 3 is 2.62 bits per heavy atom. The fourth-order valence-corrected chi connectivity index (χ4v) is 5.28. The fraction of sp³-hybridized carbons (Fsp3) is 0.455. The van der Waals surface area contributed by atoms with Gasteiger partial charge >= 0.3 is 0 Å². The molecule has 2 aliphatic heterocycles. The molecule has 0 radical (unpaired) electrons. The van der Waals surface area contributed by atoms with Gasteiger partial charge in [0, 0.05) is 45.5 Å². The number of carbonyl (C=O) groups is 1. The third kappa shape index (κ3) is 4.45. The molecule has 1 amide bonds. The molecule has 10 heteroatoms. The van der Waals surface area contributed by atoms with Gasteiger partial charge in [0.2, 0.25) is 0 Å². The first-order chi connectivity index (χ1) is 15.4. The van der Waals surface area contributed by atoms with Crippen molar-refractivity contribution in [1.82, 2.24) is 19.2 Å². The van der Waals surface area contributed by atoms with E-state index in [9.17, 15) is 14.7 Å². The minimum Gasteiger partial charge on any atom is -0.395 e. The number of piperazine rings is 1. The average Bonchev–Trinajstić information content (AvgIpc) is 3.04. The van der Waals surface area contributed by atoms with Crippen LogP contribution in [0.2, 0.25) is 0 Å². The van der Waals surface area contributed by atoms with Crippen LogP contribution in [0, 0.1) is 6.92 Å². The van der Waals surface area contributed by atoms with Gasteiger partial charge in [-0.3, -0.25) is 23.8 Å². The number of pyridine rings is 1. The van der Waals surface area contributed by atoms with Gasteiger partial charge in [-0.15, -0.1) is 0 Å². The molecule has 170 valence electrons. The lowest BCUT2D eigenvalue weighted by atomic mass is 10.2. The van der Waals surface area contributed by atoms with Crippen LogP contribution in [-0.4, -0.2) is 80.4 Å². The van der Waals surface area contributed by atoms with Crippen molar-refractivity contribution >= 4 is 51.7 Å². The number of aliphatic hydroxyl groups is 1. The van der Waals surface area contributed by atoms with Gasteiger partial charge in [-0.05, 0) is 31.1 Å². The van der Waals surface area contributed by atoms with Gasteiger partial charge in [0.1, 0.15) is 15.8 Å². The minimum absolute atomic E-state index is 0.125. The molecule has 2 aromatic rings. The summed E-state index contributed by atoms with van der Waals surface area (Å²) in [6.45, 7) is 8.16. The predicted octanol–water partition coefficient (Wildman–Crippen LogP) is 1.73. The number of nitrogens with zero attached hydrogens (tertiary/aromatic N) is 5. The van der Waals surface area contributed by atoms with E-state index in [2.05, 4.69) is 9.80 Å². The van der Waals surface area contributed by atoms with E-state index in [0.29, 0.717) is 52.4 Å². The minimum atomic E-state index is -0.202. The lowest BCUT2D eigenvalue weighted by Crippen LogP contribution is -2.48. The van der Waals surface area contributed by atoms with E-state index < -0.39 is 0 Å². The third-order valence-electron chi connectivity index (χ3n) is 5.67. The summed E-state index contributed by atoms with van der Waals surface area (Å²) in [7, 11) is 0. The first-order valence-corrected chi connectivity index (χ1v) is 12.0. The highest BCUT2D eigenvalue weighted by Gasteiger charge is 2.32. The molecule has 0 spiro atoms. The summed E-state index contributed by atoms with van der Waals surface area (Å²) in [5.74, 6) is 0.428. The molecule has 8 nitrogen and oxygen atoms in total. The Labute approximate surface area is 196 Å². The summed E-state index contributed by atoms with van der Waals surface area (Å²) < 4.78 is 2.06. The number of aryl methyl sites for hydroxylation is 1. The zero-order chi connectivity index (χ0) is 22.8.